The van der Waals surface area contributed by atoms with Gasteiger partial charge in [0.05, 0.1) is 4.90 Å². The number of aryl methyl sites for hydroxylation is 1. The molecule has 0 unspecified atom stereocenters. The molecule has 0 saturated carbocycles. The smallest absolute Gasteiger partial charge is 0.261 e. The highest BCUT2D eigenvalue weighted by Gasteiger charge is 2.25. The van der Waals surface area contributed by atoms with E-state index in [0.29, 0.717) is 29.9 Å². The van der Waals surface area contributed by atoms with E-state index in [2.05, 4.69) is 4.72 Å². The Kier molecular flexibility index (Phi) is 5.07. The number of nitrogens with one attached hydrogen (secondary N) is 1. The van der Waals surface area contributed by atoms with Crippen LogP contribution in [0.15, 0.2) is 77.7 Å². The molecule has 1 amide bonds. The predicted octanol–water partition coefficient (Wildman–Crippen LogP) is 4.22. The molecule has 29 heavy (non-hydrogen) atoms. The van der Waals surface area contributed by atoms with Crippen molar-refractivity contribution < 1.29 is 17.6 Å². The van der Waals surface area contributed by atoms with Crippen molar-refractivity contribution in [1.82, 2.24) is 0 Å². The molecule has 0 spiro atoms. The second kappa shape index (κ2) is 7.67. The van der Waals surface area contributed by atoms with Gasteiger partial charge in [0.25, 0.3) is 15.9 Å². The number of hydrogen-bond donors (Lipinski definition) is 1. The average Bonchev–Trinajstić information content (AvgIpc) is 2.73. The first-order valence-electron chi connectivity index (χ1n) is 9.22. The number of halogens is 1. The van der Waals surface area contributed by atoms with Gasteiger partial charge in [-0.25, -0.2) is 12.8 Å². The fourth-order valence-corrected chi connectivity index (χ4v) is 4.53. The van der Waals surface area contributed by atoms with Crippen molar-refractivity contribution in [3.63, 3.8) is 0 Å². The fourth-order valence-electron chi connectivity index (χ4n) is 3.42. The molecule has 7 heteroatoms. The normalized spacial score (nSPS) is 13.6. The Morgan fingerprint density at radius 2 is 1.69 bits per heavy atom. The van der Waals surface area contributed by atoms with Gasteiger partial charge in [-0.05, 0) is 73.0 Å². The molecule has 4 rings (SSSR count). The van der Waals surface area contributed by atoms with Crippen molar-refractivity contribution in [2.75, 3.05) is 16.2 Å². The number of amides is 1. The maximum Gasteiger partial charge on any atom is 0.261 e. The van der Waals surface area contributed by atoms with Crippen LogP contribution in [-0.2, 0) is 16.4 Å². The summed E-state index contributed by atoms with van der Waals surface area (Å²) in [5.41, 5.74) is 2.35. The van der Waals surface area contributed by atoms with Crippen LogP contribution in [0.5, 0.6) is 0 Å². The molecule has 0 atom stereocenters. The number of nitrogens with zero attached hydrogens (tertiary/aromatic N) is 1. The molecule has 0 aliphatic carbocycles. The van der Waals surface area contributed by atoms with E-state index in [0.717, 1.165) is 12.0 Å². The van der Waals surface area contributed by atoms with E-state index in [1.807, 2.05) is 6.07 Å². The number of fused-ring (bicyclic) bond motifs is 1. The molecule has 3 aromatic carbocycles. The van der Waals surface area contributed by atoms with Crippen molar-refractivity contribution in [2.45, 2.75) is 17.7 Å². The number of hydrogen-bond acceptors (Lipinski definition) is 3. The highest BCUT2D eigenvalue weighted by atomic mass is 32.2. The number of benzene rings is 3. The molecule has 0 fully saturated rings. The van der Waals surface area contributed by atoms with Gasteiger partial charge >= 0.3 is 0 Å². The first kappa shape index (κ1) is 19.1. The lowest BCUT2D eigenvalue weighted by Gasteiger charge is -2.30. The molecule has 148 valence electrons. The number of para-hydroxylation sites is 1. The van der Waals surface area contributed by atoms with Crippen LogP contribution in [0.4, 0.5) is 15.8 Å². The third kappa shape index (κ3) is 4.00. The molecule has 1 aliphatic rings. The van der Waals surface area contributed by atoms with Crippen LogP contribution in [0.25, 0.3) is 0 Å². The van der Waals surface area contributed by atoms with Crippen LogP contribution in [0, 0.1) is 5.82 Å². The van der Waals surface area contributed by atoms with Crippen LogP contribution >= 0.6 is 0 Å². The van der Waals surface area contributed by atoms with E-state index in [-0.39, 0.29) is 10.8 Å². The van der Waals surface area contributed by atoms with Gasteiger partial charge < -0.3 is 4.90 Å². The predicted molar refractivity (Wildman–Crippen MR) is 110 cm³/mol. The van der Waals surface area contributed by atoms with Crippen molar-refractivity contribution in [2.24, 2.45) is 0 Å². The van der Waals surface area contributed by atoms with Crippen molar-refractivity contribution >= 4 is 27.3 Å². The molecular formula is C22H19FN2O3S. The zero-order valence-electron chi connectivity index (χ0n) is 15.5. The van der Waals surface area contributed by atoms with Gasteiger partial charge in [-0.15, -0.1) is 0 Å². The minimum atomic E-state index is -3.74. The van der Waals surface area contributed by atoms with Gasteiger partial charge in [0, 0.05) is 23.5 Å². The second-order valence-electron chi connectivity index (χ2n) is 6.83. The molecule has 5 nitrogen and oxygen atoms in total. The Balaban J connectivity index is 1.63. The standard InChI is InChI=1S/C22H19FN2O3S/c23-18-10-8-16(9-11-18)22(26)25-14-4-5-17-15-20(12-13-21(17)25)29(27,28)24-19-6-2-1-3-7-19/h1-3,6-13,15,24H,4-5,14H2. The summed E-state index contributed by atoms with van der Waals surface area (Å²) in [6.07, 6.45) is 1.40. The minimum absolute atomic E-state index is 0.149. The molecule has 1 N–H and O–H groups in total. The van der Waals surface area contributed by atoms with E-state index in [1.54, 1.807) is 41.3 Å². The Hall–Kier alpha value is -3.19. The summed E-state index contributed by atoms with van der Waals surface area (Å²) >= 11 is 0. The van der Waals surface area contributed by atoms with Gasteiger partial charge in [-0.1, -0.05) is 18.2 Å². The van der Waals surface area contributed by atoms with E-state index in [1.165, 1.54) is 30.3 Å². The maximum atomic E-state index is 13.2. The second-order valence-corrected chi connectivity index (χ2v) is 8.51. The number of anilines is 2. The monoisotopic (exact) mass is 410 g/mol. The van der Waals surface area contributed by atoms with Crippen molar-refractivity contribution in [1.29, 1.82) is 0 Å². The highest BCUT2D eigenvalue weighted by molar-refractivity contribution is 7.92. The van der Waals surface area contributed by atoms with E-state index in [4.69, 9.17) is 0 Å². The topological polar surface area (TPSA) is 66.5 Å². The largest absolute Gasteiger partial charge is 0.308 e. The SMILES string of the molecule is O=C(c1ccc(F)cc1)N1CCCc2cc(S(=O)(=O)Nc3ccccc3)ccc21. The van der Waals surface area contributed by atoms with E-state index >= 15 is 0 Å². The lowest BCUT2D eigenvalue weighted by atomic mass is 10.0. The Labute approximate surface area is 168 Å². The van der Waals surface area contributed by atoms with Crippen LogP contribution in [0.3, 0.4) is 0 Å². The van der Waals surface area contributed by atoms with Gasteiger partial charge in [-0.2, -0.15) is 0 Å². The maximum absolute atomic E-state index is 13.2. The molecule has 1 aliphatic heterocycles. The van der Waals surface area contributed by atoms with Crippen LogP contribution in [0.2, 0.25) is 0 Å². The van der Waals surface area contributed by atoms with Gasteiger partial charge in [0.15, 0.2) is 0 Å². The number of carbonyl (C=O) groups excluding carboxylic acids is 1. The lowest BCUT2D eigenvalue weighted by Crippen LogP contribution is -2.35. The molecule has 0 bridgehead atoms. The first-order chi connectivity index (χ1) is 13.9. The van der Waals surface area contributed by atoms with Crippen molar-refractivity contribution in [3.8, 4) is 0 Å². The van der Waals surface area contributed by atoms with Crippen LogP contribution < -0.4 is 9.62 Å². The Morgan fingerprint density at radius 1 is 0.966 bits per heavy atom. The lowest BCUT2D eigenvalue weighted by molar-refractivity contribution is 0.0985. The first-order valence-corrected chi connectivity index (χ1v) is 10.7. The van der Waals surface area contributed by atoms with Crippen LogP contribution in [0.1, 0.15) is 22.3 Å². The van der Waals surface area contributed by atoms with Gasteiger partial charge in [0.2, 0.25) is 0 Å². The Bertz CT molecular complexity index is 1150. The summed E-state index contributed by atoms with van der Waals surface area (Å²) in [5.74, 6) is -0.634. The summed E-state index contributed by atoms with van der Waals surface area (Å²) in [6, 6.07) is 18.9. The van der Waals surface area contributed by atoms with E-state index in [9.17, 15) is 17.6 Å². The number of rotatable bonds is 4. The van der Waals surface area contributed by atoms with Gasteiger partial charge in [-0.3, -0.25) is 9.52 Å². The highest BCUT2D eigenvalue weighted by Crippen LogP contribution is 2.31. The molecule has 3 aromatic rings. The summed E-state index contributed by atoms with van der Waals surface area (Å²) in [5, 5.41) is 0. The van der Waals surface area contributed by atoms with E-state index < -0.39 is 15.8 Å². The number of carbonyl (C=O) groups is 1. The summed E-state index contributed by atoms with van der Waals surface area (Å²) < 4.78 is 41.2. The molecule has 0 aromatic heterocycles. The third-order valence-corrected chi connectivity index (χ3v) is 6.22. The molecular weight excluding hydrogens is 391 g/mol. The zero-order valence-corrected chi connectivity index (χ0v) is 16.3. The summed E-state index contributed by atoms with van der Waals surface area (Å²) in [4.78, 5) is 14.6. The Morgan fingerprint density at radius 3 is 2.41 bits per heavy atom. The molecule has 1 heterocycles. The zero-order chi connectivity index (χ0) is 20.4. The van der Waals surface area contributed by atoms with Gasteiger partial charge in [0.1, 0.15) is 5.82 Å². The quantitative estimate of drug-likeness (QED) is 0.700. The average molecular weight is 410 g/mol. The third-order valence-electron chi connectivity index (χ3n) is 4.84. The summed E-state index contributed by atoms with van der Waals surface area (Å²) in [7, 11) is -3.74. The molecule has 0 saturated heterocycles. The summed E-state index contributed by atoms with van der Waals surface area (Å²) in [6.45, 7) is 0.525. The van der Waals surface area contributed by atoms with Crippen molar-refractivity contribution in [3.05, 3.63) is 89.7 Å². The molecule has 0 radical (unpaired) electrons. The van der Waals surface area contributed by atoms with Crippen LogP contribution in [-0.4, -0.2) is 20.9 Å². The minimum Gasteiger partial charge on any atom is -0.308 e. The fraction of sp³-hybridized carbons (Fsp3) is 0.136. The number of sulfonamides is 1.